The van der Waals surface area contributed by atoms with Gasteiger partial charge in [-0.1, -0.05) is 121 Å². The Bertz CT molecular complexity index is 2240. The molecule has 0 saturated heterocycles. The lowest BCUT2D eigenvalue weighted by Gasteiger charge is -2.36. The third-order valence-corrected chi connectivity index (χ3v) is 15.2. The van der Waals surface area contributed by atoms with Gasteiger partial charge in [0.15, 0.2) is 0 Å². The van der Waals surface area contributed by atoms with Crippen LogP contribution in [-0.2, 0) is 4.57 Å². The van der Waals surface area contributed by atoms with Gasteiger partial charge in [0.1, 0.15) is 8.22 Å². The van der Waals surface area contributed by atoms with Crippen molar-refractivity contribution in [3.8, 4) is 11.1 Å². The highest BCUT2D eigenvalue weighted by atomic mass is 31.2. The molecule has 0 saturated carbocycles. The first kappa shape index (κ1) is 31.2. The number of hydrogen-bond acceptors (Lipinski definition) is 3. The van der Waals surface area contributed by atoms with Crippen LogP contribution in [0.4, 0.5) is 22.7 Å². The summed E-state index contributed by atoms with van der Waals surface area (Å²) in [6, 6.07) is 54.6. The van der Waals surface area contributed by atoms with E-state index >= 15 is 0 Å². The van der Waals surface area contributed by atoms with Crippen molar-refractivity contribution in [1.29, 1.82) is 0 Å². The minimum absolute atomic E-state index is 0.423. The van der Waals surface area contributed by atoms with E-state index in [0.29, 0.717) is 0 Å². The maximum atomic E-state index is 15.0. The molecule has 0 aromatic heterocycles. The number of anilines is 4. The molecule has 0 atom stereocenters. The molecule has 0 aliphatic carbocycles. The lowest BCUT2D eigenvalue weighted by Crippen LogP contribution is -2.32. The molecule has 0 bridgehead atoms. The second kappa shape index (κ2) is 12.4. The lowest BCUT2D eigenvalue weighted by atomic mass is 9.91. The second-order valence-corrected chi connectivity index (χ2v) is 17.5. The van der Waals surface area contributed by atoms with Crippen molar-refractivity contribution in [2.75, 3.05) is 46.9 Å². The zero-order valence-corrected chi connectivity index (χ0v) is 29.9. The van der Waals surface area contributed by atoms with E-state index in [1.807, 2.05) is 53.8 Å². The van der Waals surface area contributed by atoms with Gasteiger partial charge in [0.2, 0.25) is 0 Å². The first-order valence-electron chi connectivity index (χ1n) is 16.5. The Labute approximate surface area is 290 Å². The molecule has 7 aromatic rings. The number of hydrogen-bond donors (Lipinski definition) is 0. The van der Waals surface area contributed by atoms with Gasteiger partial charge in [0.25, 0.3) is 7.44 Å². The van der Waals surface area contributed by atoms with E-state index < -0.39 is 15.7 Å². The van der Waals surface area contributed by atoms with Gasteiger partial charge in [0, 0.05) is 44.6 Å². The van der Waals surface area contributed by atoms with Crippen LogP contribution < -0.4 is 29.3 Å². The third kappa shape index (κ3) is 5.00. The largest absolute Gasteiger partial charge is 0.331 e. The Hall–Kier alpha value is -5.08. The molecule has 0 unspecified atom stereocenters. The van der Waals surface area contributed by atoms with Gasteiger partial charge >= 0.3 is 0 Å². The van der Waals surface area contributed by atoms with Crippen molar-refractivity contribution in [2.24, 2.45) is 0 Å². The van der Waals surface area contributed by atoms with Gasteiger partial charge in [-0.3, -0.25) is 4.57 Å². The average molecular weight is 677 g/mol. The highest BCUT2D eigenvalue weighted by Crippen LogP contribution is 2.62. The summed E-state index contributed by atoms with van der Waals surface area (Å²) in [4.78, 5) is 0. The highest BCUT2D eigenvalue weighted by molar-refractivity contribution is 7.74. The van der Waals surface area contributed by atoms with E-state index in [2.05, 4.69) is 151 Å². The molecule has 7 aromatic carbocycles. The van der Waals surface area contributed by atoms with Gasteiger partial charge in [-0.05, 0) is 57.9 Å². The lowest BCUT2D eigenvalue weighted by molar-refractivity contribution is 0.579. The number of para-hydroxylation sites is 2. The second-order valence-electron chi connectivity index (χ2n) is 12.4. The first-order valence-corrected chi connectivity index (χ1v) is 19.3. The van der Waals surface area contributed by atoms with E-state index in [9.17, 15) is 4.57 Å². The summed E-state index contributed by atoms with van der Waals surface area (Å²) in [7, 11) is 4.72. The van der Waals surface area contributed by atoms with E-state index in [1.54, 1.807) is 0 Å². The van der Waals surface area contributed by atoms with E-state index in [0.717, 1.165) is 27.8 Å². The van der Waals surface area contributed by atoms with Crippen molar-refractivity contribution in [2.45, 2.75) is 0 Å². The molecule has 2 heterocycles. The Morgan fingerprint density at radius 1 is 0.429 bits per heavy atom. The zero-order valence-electron chi connectivity index (χ0n) is 28.1. The predicted octanol–water partition coefficient (Wildman–Crippen LogP) is 10.3. The quantitative estimate of drug-likeness (QED) is 0.170. The van der Waals surface area contributed by atoms with Crippen LogP contribution in [0.5, 0.6) is 0 Å². The van der Waals surface area contributed by atoms with Gasteiger partial charge < -0.3 is 18.7 Å². The van der Waals surface area contributed by atoms with E-state index in [4.69, 9.17) is 0 Å². The first-order chi connectivity index (χ1) is 23.9. The Kier molecular flexibility index (Phi) is 7.91. The maximum absolute atomic E-state index is 15.0. The summed E-state index contributed by atoms with van der Waals surface area (Å²) >= 11 is 0. The molecule has 0 amide bonds. The molecule has 0 spiro atoms. The molecule has 7 heteroatoms. The number of fused-ring (bicyclic) bond motifs is 8. The molecule has 0 fully saturated rings. The van der Waals surface area contributed by atoms with Crippen molar-refractivity contribution in [1.82, 2.24) is 0 Å². The molecule has 2 aliphatic heterocycles. The van der Waals surface area contributed by atoms with Crippen molar-refractivity contribution in [3.63, 3.8) is 0 Å². The minimum atomic E-state index is -3.15. The van der Waals surface area contributed by atoms with Gasteiger partial charge in [-0.25, -0.2) is 0 Å². The summed E-state index contributed by atoms with van der Waals surface area (Å²) in [5, 5.41) is 6.91. The fraction of sp³-hybridized carbons (Fsp3) is 0.0952. The summed E-state index contributed by atoms with van der Waals surface area (Å²) in [5.41, 5.74) is 6.89. The summed E-state index contributed by atoms with van der Waals surface area (Å²) in [6.45, 7) is 0. The van der Waals surface area contributed by atoms with Crippen LogP contribution in [0.15, 0.2) is 158 Å². The molecular formula is C42H38N4OP2. The average Bonchev–Trinajstić information content (AvgIpc) is 3.38. The van der Waals surface area contributed by atoms with Gasteiger partial charge in [-0.2, -0.15) is 0 Å². The smallest absolute Gasteiger partial charge is 0.292 e. The van der Waals surface area contributed by atoms with Crippen molar-refractivity contribution >= 4 is 70.6 Å². The highest BCUT2D eigenvalue weighted by Gasteiger charge is 2.41. The Morgan fingerprint density at radius 3 is 1.33 bits per heavy atom. The summed E-state index contributed by atoms with van der Waals surface area (Å²) < 4.78 is 23.7. The number of benzene rings is 7. The van der Waals surface area contributed by atoms with E-state index in [-0.39, 0.29) is 0 Å². The van der Waals surface area contributed by atoms with Crippen LogP contribution in [0.25, 0.3) is 32.7 Å². The van der Waals surface area contributed by atoms with Gasteiger partial charge in [-0.15, -0.1) is 0 Å². The molecular weight excluding hydrogens is 638 g/mol. The monoisotopic (exact) mass is 676 g/mol. The Balaban J connectivity index is 0.000000172. The van der Waals surface area contributed by atoms with Crippen LogP contribution in [0.3, 0.4) is 0 Å². The van der Waals surface area contributed by atoms with Gasteiger partial charge in [0.05, 0.1) is 28.1 Å². The zero-order chi connectivity index (χ0) is 33.7. The van der Waals surface area contributed by atoms with Crippen LogP contribution in [0.2, 0.25) is 0 Å². The minimum Gasteiger partial charge on any atom is -0.331 e. The summed E-state index contributed by atoms with van der Waals surface area (Å²) in [5.74, 6) is 0. The predicted molar refractivity (Wildman–Crippen MR) is 214 cm³/mol. The summed E-state index contributed by atoms with van der Waals surface area (Å²) in [6.07, 6.45) is 0. The fourth-order valence-corrected chi connectivity index (χ4v) is 12.2. The number of nitrogens with zero attached hydrogens (tertiary/aromatic N) is 4. The standard InChI is InChI=1S/C28H23N2OP.C14H15N2P/c1-29-25-18-16-20-10-6-8-14-23(20)27(25)28-24-15-9-7-11-21(24)17-19-26(28)30(2)32(29,31)22-12-4-3-5-13-22;1-15-13-10-6-7-11-14(13)16(2)17(15)12-8-4-3-5-9-12/h3-19H,1-2H3;3-11H,1-2H3. The van der Waals surface area contributed by atoms with E-state index in [1.165, 1.54) is 38.2 Å². The van der Waals surface area contributed by atoms with Crippen LogP contribution in [0, 0.1) is 0 Å². The van der Waals surface area contributed by atoms with Crippen molar-refractivity contribution in [3.05, 3.63) is 158 Å². The topological polar surface area (TPSA) is 30.0 Å². The molecule has 9 rings (SSSR count). The molecule has 0 radical (unpaired) electrons. The SMILES string of the molecule is CN1c2ccc3ccccc3c2-c2c(ccc3ccccc23)N(C)P1(=O)c1ccccc1.CN1c2ccccc2N(C)P1c1ccccc1. The van der Waals surface area contributed by atoms with Crippen LogP contribution in [-0.4, -0.2) is 28.2 Å². The molecule has 5 nitrogen and oxygen atoms in total. The normalized spacial score (nSPS) is 14.9. The molecule has 242 valence electrons. The Morgan fingerprint density at radius 2 is 0.837 bits per heavy atom. The maximum Gasteiger partial charge on any atom is 0.292 e. The van der Waals surface area contributed by atoms with Crippen molar-refractivity contribution < 1.29 is 4.57 Å². The molecule has 49 heavy (non-hydrogen) atoms. The van der Waals surface area contributed by atoms with Crippen LogP contribution in [0.1, 0.15) is 0 Å². The molecule has 2 aliphatic rings. The fourth-order valence-electron chi connectivity index (χ4n) is 7.37. The number of rotatable bonds is 2. The van der Waals surface area contributed by atoms with Crippen LogP contribution >= 0.6 is 15.7 Å². The third-order valence-electron chi connectivity index (χ3n) is 9.80. The molecule has 0 N–H and O–H groups in total.